The van der Waals surface area contributed by atoms with E-state index in [1.54, 1.807) is 0 Å². The van der Waals surface area contributed by atoms with Crippen LogP contribution in [0.5, 0.6) is 0 Å². The molecule has 1 aromatic rings. The lowest BCUT2D eigenvalue weighted by Crippen LogP contribution is -2.33. The van der Waals surface area contributed by atoms with E-state index >= 15 is 0 Å². The van der Waals surface area contributed by atoms with Crippen LogP contribution in [0.2, 0.25) is 0 Å². The van der Waals surface area contributed by atoms with Crippen LogP contribution < -0.4 is 4.31 Å². The van der Waals surface area contributed by atoms with Crippen molar-refractivity contribution < 1.29 is 12.3 Å². The highest BCUT2D eigenvalue weighted by atomic mass is 32.3. The SMILES string of the molecule is Cc1c(N(CC2(C)CC2)S(=O)(=O)F)cnn1C1CCCC1. The first-order valence-electron chi connectivity index (χ1n) is 7.57. The smallest absolute Gasteiger partial charge is 0.265 e. The minimum absolute atomic E-state index is 0.0962. The quantitative estimate of drug-likeness (QED) is 0.784. The van der Waals surface area contributed by atoms with E-state index in [1.807, 2.05) is 18.5 Å². The molecule has 2 fully saturated rings. The zero-order valence-corrected chi connectivity index (χ0v) is 13.4. The van der Waals surface area contributed by atoms with Crippen molar-refractivity contribution in [2.45, 2.75) is 58.4 Å². The predicted octanol–water partition coefficient (Wildman–Crippen LogP) is 3.13. The van der Waals surface area contributed by atoms with Crippen LogP contribution in [0.15, 0.2) is 6.20 Å². The van der Waals surface area contributed by atoms with Crippen molar-refractivity contribution in [1.29, 1.82) is 0 Å². The standard InChI is InChI=1S/C14H22FN3O2S/c1-11-13(9-16-18(11)12-5-3-4-6-12)17(21(15,19)20)10-14(2)7-8-14/h9,12H,3-8,10H2,1-2H3. The Hall–Kier alpha value is -1.11. The summed E-state index contributed by atoms with van der Waals surface area (Å²) < 4.78 is 39.6. The van der Waals surface area contributed by atoms with Crippen molar-refractivity contribution in [1.82, 2.24) is 9.78 Å². The molecule has 0 spiro atoms. The van der Waals surface area contributed by atoms with Crippen LogP contribution in [-0.4, -0.2) is 24.7 Å². The summed E-state index contributed by atoms with van der Waals surface area (Å²) in [7, 11) is -4.76. The fourth-order valence-electron chi connectivity index (χ4n) is 3.17. The number of rotatable bonds is 5. The highest BCUT2D eigenvalue weighted by Gasteiger charge is 2.42. The summed E-state index contributed by atoms with van der Waals surface area (Å²) in [4.78, 5) is 0. The van der Waals surface area contributed by atoms with Gasteiger partial charge in [0.15, 0.2) is 0 Å². The lowest BCUT2D eigenvalue weighted by Gasteiger charge is -2.23. The maximum atomic E-state index is 13.7. The third-order valence-electron chi connectivity index (χ3n) is 4.85. The molecule has 0 radical (unpaired) electrons. The monoisotopic (exact) mass is 315 g/mol. The molecular formula is C14H22FN3O2S. The molecule has 3 rings (SSSR count). The zero-order valence-electron chi connectivity index (χ0n) is 12.5. The van der Waals surface area contributed by atoms with E-state index in [0.717, 1.165) is 35.7 Å². The Morgan fingerprint density at radius 2 is 2.05 bits per heavy atom. The summed E-state index contributed by atoms with van der Waals surface area (Å²) >= 11 is 0. The minimum Gasteiger partial charge on any atom is -0.265 e. The number of hydrogen-bond acceptors (Lipinski definition) is 3. The highest BCUT2D eigenvalue weighted by molar-refractivity contribution is 7.87. The van der Waals surface area contributed by atoms with Crippen molar-refractivity contribution in [3.05, 3.63) is 11.9 Å². The van der Waals surface area contributed by atoms with Crippen molar-refractivity contribution in [2.24, 2.45) is 5.41 Å². The molecule has 1 aromatic heterocycles. The van der Waals surface area contributed by atoms with E-state index in [-0.39, 0.29) is 12.0 Å². The molecule has 7 heteroatoms. The van der Waals surface area contributed by atoms with Gasteiger partial charge in [0.2, 0.25) is 0 Å². The van der Waals surface area contributed by atoms with E-state index in [1.165, 1.54) is 19.0 Å². The first kappa shape index (κ1) is 14.8. The third kappa shape index (κ3) is 2.93. The number of nitrogens with zero attached hydrogens (tertiary/aromatic N) is 3. The molecule has 21 heavy (non-hydrogen) atoms. The van der Waals surface area contributed by atoms with E-state index in [9.17, 15) is 12.3 Å². The van der Waals surface area contributed by atoms with Gasteiger partial charge in [-0.1, -0.05) is 23.7 Å². The van der Waals surface area contributed by atoms with E-state index in [4.69, 9.17) is 0 Å². The van der Waals surface area contributed by atoms with Crippen molar-refractivity contribution in [2.75, 3.05) is 10.8 Å². The Bertz CT molecular complexity index is 631. The molecule has 0 amide bonds. The van der Waals surface area contributed by atoms with Crippen LogP contribution in [0.1, 0.15) is 57.2 Å². The molecule has 118 valence electrons. The van der Waals surface area contributed by atoms with Crippen LogP contribution in [-0.2, 0) is 10.4 Å². The van der Waals surface area contributed by atoms with Gasteiger partial charge in [0.25, 0.3) is 0 Å². The van der Waals surface area contributed by atoms with Crippen LogP contribution in [0.4, 0.5) is 9.57 Å². The molecule has 0 saturated heterocycles. The van der Waals surface area contributed by atoms with Gasteiger partial charge in [-0.25, -0.2) is 4.31 Å². The van der Waals surface area contributed by atoms with Gasteiger partial charge in [0.05, 0.1) is 23.6 Å². The van der Waals surface area contributed by atoms with Gasteiger partial charge in [0.1, 0.15) is 0 Å². The Morgan fingerprint density at radius 3 is 2.57 bits per heavy atom. The van der Waals surface area contributed by atoms with Crippen LogP contribution in [0, 0.1) is 12.3 Å². The lowest BCUT2D eigenvalue weighted by atomic mass is 10.1. The molecule has 2 aliphatic rings. The average Bonchev–Trinajstić information content (AvgIpc) is 2.81. The fraction of sp³-hybridized carbons (Fsp3) is 0.786. The molecule has 2 aliphatic carbocycles. The van der Waals surface area contributed by atoms with Gasteiger partial charge >= 0.3 is 10.4 Å². The van der Waals surface area contributed by atoms with Gasteiger partial charge in [-0.05, 0) is 38.0 Å². The molecule has 0 aromatic carbocycles. The number of halogens is 1. The third-order valence-corrected chi connectivity index (χ3v) is 5.70. The van der Waals surface area contributed by atoms with E-state index in [2.05, 4.69) is 5.10 Å². The molecule has 0 N–H and O–H groups in total. The van der Waals surface area contributed by atoms with Gasteiger partial charge in [0, 0.05) is 6.54 Å². The second-order valence-electron chi connectivity index (χ2n) is 6.76. The highest BCUT2D eigenvalue weighted by Crippen LogP contribution is 2.47. The second kappa shape index (κ2) is 4.97. The molecule has 0 bridgehead atoms. The molecule has 5 nitrogen and oxygen atoms in total. The fourth-order valence-corrected chi connectivity index (χ4v) is 4.05. The minimum atomic E-state index is -4.76. The zero-order chi connectivity index (χ0) is 15.3. The number of aromatic nitrogens is 2. The largest absolute Gasteiger partial charge is 0.399 e. The van der Waals surface area contributed by atoms with Crippen LogP contribution in [0.3, 0.4) is 0 Å². The molecule has 2 saturated carbocycles. The van der Waals surface area contributed by atoms with Crippen molar-refractivity contribution >= 4 is 16.1 Å². The Labute approximate surface area is 125 Å². The number of anilines is 1. The average molecular weight is 315 g/mol. The number of hydrogen-bond donors (Lipinski definition) is 0. The van der Waals surface area contributed by atoms with E-state index in [0.29, 0.717) is 11.7 Å². The van der Waals surface area contributed by atoms with Gasteiger partial charge in [-0.2, -0.15) is 13.5 Å². The summed E-state index contributed by atoms with van der Waals surface area (Å²) in [5.41, 5.74) is 1.03. The van der Waals surface area contributed by atoms with Crippen LogP contribution >= 0.6 is 0 Å². The van der Waals surface area contributed by atoms with Crippen LogP contribution in [0.25, 0.3) is 0 Å². The first-order valence-corrected chi connectivity index (χ1v) is 8.91. The van der Waals surface area contributed by atoms with E-state index < -0.39 is 10.4 Å². The summed E-state index contributed by atoms with van der Waals surface area (Å²) in [5, 5.41) is 4.33. The Morgan fingerprint density at radius 1 is 1.43 bits per heavy atom. The second-order valence-corrected chi connectivity index (χ2v) is 8.02. The van der Waals surface area contributed by atoms with Crippen molar-refractivity contribution in [3.8, 4) is 0 Å². The van der Waals surface area contributed by atoms with Gasteiger partial charge in [-0.15, -0.1) is 0 Å². The first-order chi connectivity index (χ1) is 9.80. The maximum Gasteiger partial charge on any atom is 0.399 e. The van der Waals surface area contributed by atoms with Gasteiger partial charge < -0.3 is 0 Å². The Kier molecular flexibility index (Phi) is 3.50. The maximum absolute atomic E-state index is 13.7. The summed E-state index contributed by atoms with van der Waals surface area (Å²) in [5.74, 6) is 0. The molecule has 0 unspecified atom stereocenters. The van der Waals surface area contributed by atoms with Crippen molar-refractivity contribution in [3.63, 3.8) is 0 Å². The predicted molar refractivity (Wildman–Crippen MR) is 79.2 cm³/mol. The molecule has 1 heterocycles. The molecule has 0 atom stereocenters. The molecular weight excluding hydrogens is 293 g/mol. The summed E-state index contributed by atoms with van der Waals surface area (Å²) in [6, 6.07) is 0.319. The lowest BCUT2D eigenvalue weighted by molar-refractivity contribution is 0.456. The summed E-state index contributed by atoms with van der Waals surface area (Å²) in [6.45, 7) is 4.01. The summed E-state index contributed by atoms with van der Waals surface area (Å²) in [6.07, 6.45) is 7.83. The Balaban J connectivity index is 1.92. The topological polar surface area (TPSA) is 55.2 Å². The van der Waals surface area contributed by atoms with Gasteiger partial charge in [-0.3, -0.25) is 4.68 Å². The molecule has 0 aliphatic heterocycles. The normalized spacial score (nSPS) is 21.7.